The first-order valence-corrected chi connectivity index (χ1v) is 12.9. The largest absolute Gasteiger partial charge is 0.481 e. The Labute approximate surface area is 216 Å². The predicted octanol–water partition coefficient (Wildman–Crippen LogP) is 5.62. The maximum atomic E-state index is 11.7. The standard InChI is InChI=1S/C28H30ClN5O2/c1-28(13-25(35)36)16-34(24-6-4-3-5-21(24)28)26-22(29)14-30-27(32-26)31-23-12-19-15-33(2)10-9-18(19)11-20(23)17-7-8-17/h3-6,11-12,14,17H,7-10,13,15-16H2,1-2H3,(H,35,36)(H,30,31,32). The maximum absolute atomic E-state index is 11.7. The van der Waals surface area contributed by atoms with Gasteiger partial charge >= 0.3 is 5.97 Å². The molecule has 0 spiro atoms. The Morgan fingerprint density at radius 2 is 2.06 bits per heavy atom. The van der Waals surface area contributed by atoms with E-state index in [1.807, 2.05) is 36.1 Å². The minimum Gasteiger partial charge on any atom is -0.481 e. The summed E-state index contributed by atoms with van der Waals surface area (Å²) in [7, 11) is 2.16. The Bertz CT molecular complexity index is 1360. The molecular weight excluding hydrogens is 474 g/mol. The average molecular weight is 504 g/mol. The van der Waals surface area contributed by atoms with Gasteiger partial charge < -0.3 is 20.2 Å². The van der Waals surface area contributed by atoms with Crippen molar-refractivity contribution in [2.45, 2.75) is 50.5 Å². The van der Waals surface area contributed by atoms with Crippen LogP contribution in [0.1, 0.15) is 54.4 Å². The number of benzene rings is 2. The minimum atomic E-state index is -0.823. The summed E-state index contributed by atoms with van der Waals surface area (Å²) in [5.41, 5.74) is 6.59. The zero-order chi connectivity index (χ0) is 25.0. The number of carboxylic acid groups (broad SMARTS) is 1. The van der Waals surface area contributed by atoms with E-state index < -0.39 is 11.4 Å². The molecule has 1 aromatic heterocycles. The number of likely N-dealkylation sites (N-methyl/N-ethyl adjacent to an activating group) is 1. The highest BCUT2D eigenvalue weighted by Gasteiger charge is 2.42. The lowest BCUT2D eigenvalue weighted by molar-refractivity contribution is -0.138. The van der Waals surface area contributed by atoms with E-state index >= 15 is 0 Å². The molecule has 3 aromatic rings. The molecule has 0 bridgehead atoms. The number of nitrogens with one attached hydrogen (secondary N) is 1. The Balaban J connectivity index is 1.36. The number of nitrogens with zero attached hydrogens (tertiary/aromatic N) is 4. The molecule has 1 fully saturated rings. The average Bonchev–Trinajstić information content (AvgIpc) is 3.64. The van der Waals surface area contributed by atoms with Crippen molar-refractivity contribution in [2.24, 2.45) is 0 Å². The number of para-hydroxylation sites is 1. The van der Waals surface area contributed by atoms with Crippen molar-refractivity contribution in [2.75, 3.05) is 30.4 Å². The van der Waals surface area contributed by atoms with Gasteiger partial charge in [-0.25, -0.2) is 4.98 Å². The Morgan fingerprint density at radius 1 is 1.25 bits per heavy atom. The van der Waals surface area contributed by atoms with Crippen LogP contribution in [0.3, 0.4) is 0 Å². The van der Waals surface area contributed by atoms with Crippen molar-refractivity contribution in [3.8, 4) is 0 Å². The van der Waals surface area contributed by atoms with Gasteiger partial charge in [-0.1, -0.05) is 42.8 Å². The summed E-state index contributed by atoms with van der Waals surface area (Å²) >= 11 is 6.63. The number of aliphatic carboxylic acids is 1. The van der Waals surface area contributed by atoms with Crippen LogP contribution in [0.2, 0.25) is 5.02 Å². The van der Waals surface area contributed by atoms with Crippen LogP contribution in [0, 0.1) is 0 Å². The minimum absolute atomic E-state index is 0.0304. The van der Waals surface area contributed by atoms with Gasteiger partial charge in [0.2, 0.25) is 5.95 Å². The fourth-order valence-corrected chi connectivity index (χ4v) is 5.94. The second-order valence-corrected chi connectivity index (χ2v) is 11.1. The van der Waals surface area contributed by atoms with E-state index in [-0.39, 0.29) is 6.42 Å². The number of hydrogen-bond donors (Lipinski definition) is 2. The van der Waals surface area contributed by atoms with E-state index in [9.17, 15) is 9.90 Å². The summed E-state index contributed by atoms with van der Waals surface area (Å²) in [6.45, 7) is 4.49. The molecule has 2 aromatic carbocycles. The summed E-state index contributed by atoms with van der Waals surface area (Å²) < 4.78 is 0. The zero-order valence-electron chi connectivity index (χ0n) is 20.6. The van der Waals surface area contributed by atoms with Gasteiger partial charge in [0.05, 0.1) is 12.6 Å². The van der Waals surface area contributed by atoms with Crippen LogP contribution in [-0.2, 0) is 23.2 Å². The van der Waals surface area contributed by atoms with Crippen molar-refractivity contribution in [3.63, 3.8) is 0 Å². The van der Waals surface area contributed by atoms with E-state index in [0.29, 0.717) is 29.3 Å². The molecular formula is C28H30ClN5O2. The molecule has 0 saturated heterocycles. The van der Waals surface area contributed by atoms with Crippen molar-refractivity contribution in [1.29, 1.82) is 0 Å². The van der Waals surface area contributed by atoms with Gasteiger partial charge in [0.25, 0.3) is 0 Å². The second kappa shape index (κ2) is 8.75. The molecule has 0 radical (unpaired) electrons. The third-order valence-electron chi connectivity index (χ3n) is 7.71. The highest BCUT2D eigenvalue weighted by atomic mass is 35.5. The van der Waals surface area contributed by atoms with E-state index in [0.717, 1.165) is 36.4 Å². The quantitative estimate of drug-likeness (QED) is 0.451. The van der Waals surface area contributed by atoms with Crippen LogP contribution in [0.25, 0.3) is 0 Å². The summed E-state index contributed by atoms with van der Waals surface area (Å²) in [5, 5.41) is 13.5. The lowest BCUT2D eigenvalue weighted by Crippen LogP contribution is -2.31. The number of fused-ring (bicyclic) bond motifs is 2. The number of rotatable bonds is 6. The number of anilines is 4. The molecule has 1 aliphatic carbocycles. The summed E-state index contributed by atoms with van der Waals surface area (Å²) in [6.07, 6.45) is 5.17. The molecule has 1 saturated carbocycles. The van der Waals surface area contributed by atoms with Gasteiger partial charge in [0.15, 0.2) is 5.82 Å². The van der Waals surface area contributed by atoms with Crippen LogP contribution in [0.15, 0.2) is 42.6 Å². The molecule has 3 aliphatic rings. The second-order valence-electron chi connectivity index (χ2n) is 10.7. The normalized spacial score (nSPS) is 21.2. The number of halogens is 1. The molecule has 1 unspecified atom stereocenters. The smallest absolute Gasteiger partial charge is 0.304 e. The molecule has 3 heterocycles. The third kappa shape index (κ3) is 4.20. The van der Waals surface area contributed by atoms with Gasteiger partial charge in [-0.15, -0.1) is 0 Å². The molecule has 36 heavy (non-hydrogen) atoms. The van der Waals surface area contributed by atoms with Crippen LogP contribution >= 0.6 is 11.6 Å². The lowest BCUT2D eigenvalue weighted by Gasteiger charge is -2.27. The highest BCUT2D eigenvalue weighted by Crippen LogP contribution is 2.48. The van der Waals surface area contributed by atoms with Crippen molar-refractivity contribution in [1.82, 2.24) is 14.9 Å². The van der Waals surface area contributed by atoms with Gasteiger partial charge in [0, 0.05) is 36.4 Å². The van der Waals surface area contributed by atoms with Crippen molar-refractivity contribution >= 4 is 40.7 Å². The third-order valence-corrected chi connectivity index (χ3v) is 7.98. The van der Waals surface area contributed by atoms with Crippen LogP contribution in [0.5, 0.6) is 0 Å². The number of carbonyl (C=O) groups is 1. The fraction of sp³-hybridized carbons (Fsp3) is 0.393. The molecule has 1 atom stereocenters. The summed E-state index contributed by atoms with van der Waals surface area (Å²) in [5.74, 6) is 0.841. The van der Waals surface area contributed by atoms with E-state index in [1.165, 1.54) is 29.5 Å². The molecule has 7 nitrogen and oxygen atoms in total. The molecule has 0 amide bonds. The van der Waals surface area contributed by atoms with Gasteiger partial charge in [-0.2, -0.15) is 4.98 Å². The number of carboxylic acids is 1. The molecule has 2 N–H and O–H groups in total. The van der Waals surface area contributed by atoms with Gasteiger partial charge in [-0.3, -0.25) is 4.79 Å². The maximum Gasteiger partial charge on any atom is 0.304 e. The lowest BCUT2D eigenvalue weighted by atomic mass is 9.81. The van der Waals surface area contributed by atoms with Gasteiger partial charge in [0.1, 0.15) is 5.02 Å². The monoisotopic (exact) mass is 503 g/mol. The highest BCUT2D eigenvalue weighted by molar-refractivity contribution is 6.33. The van der Waals surface area contributed by atoms with Crippen LogP contribution in [0.4, 0.5) is 23.1 Å². The Hall–Kier alpha value is -3.16. The van der Waals surface area contributed by atoms with Crippen LogP contribution in [-0.4, -0.2) is 46.1 Å². The molecule has 6 rings (SSSR count). The zero-order valence-corrected chi connectivity index (χ0v) is 21.3. The first-order valence-electron chi connectivity index (χ1n) is 12.5. The Morgan fingerprint density at radius 3 is 2.83 bits per heavy atom. The molecule has 186 valence electrons. The summed E-state index contributed by atoms with van der Waals surface area (Å²) in [6, 6.07) is 12.6. The SMILES string of the molecule is CN1CCc2cc(C3CC3)c(Nc3ncc(Cl)c(N4CC(C)(CC(=O)O)c5ccccc54)n3)cc2C1. The number of hydrogen-bond acceptors (Lipinski definition) is 6. The first kappa shape index (κ1) is 23.3. The molecule has 2 aliphatic heterocycles. The van der Waals surface area contributed by atoms with E-state index in [1.54, 1.807) is 6.20 Å². The predicted molar refractivity (Wildman–Crippen MR) is 142 cm³/mol. The summed E-state index contributed by atoms with van der Waals surface area (Å²) in [4.78, 5) is 25.4. The van der Waals surface area contributed by atoms with E-state index in [4.69, 9.17) is 16.6 Å². The van der Waals surface area contributed by atoms with Gasteiger partial charge in [-0.05, 0) is 66.6 Å². The first-order chi connectivity index (χ1) is 17.3. The fourth-order valence-electron chi connectivity index (χ4n) is 5.75. The van der Waals surface area contributed by atoms with Crippen molar-refractivity contribution in [3.05, 3.63) is 69.9 Å². The Kier molecular flexibility index (Phi) is 5.65. The number of aromatic nitrogens is 2. The van der Waals surface area contributed by atoms with E-state index in [2.05, 4.69) is 34.4 Å². The topological polar surface area (TPSA) is 81.6 Å². The van der Waals surface area contributed by atoms with Crippen molar-refractivity contribution < 1.29 is 9.90 Å². The molecule has 8 heteroatoms. The van der Waals surface area contributed by atoms with Crippen LogP contribution < -0.4 is 10.2 Å².